The van der Waals surface area contributed by atoms with Crippen LogP contribution in [0.25, 0.3) is 33.5 Å². The molecule has 0 spiro atoms. The fourth-order valence-electron chi connectivity index (χ4n) is 3.88. The number of methoxy groups -OCH3 is 1. The largest absolute Gasteiger partial charge is 0.493 e. The van der Waals surface area contributed by atoms with Gasteiger partial charge in [0.15, 0.2) is 17.3 Å². The highest BCUT2D eigenvalue weighted by molar-refractivity contribution is 9.13. The molecule has 5 rings (SSSR count). The van der Waals surface area contributed by atoms with E-state index in [-0.39, 0.29) is 17.5 Å². The highest BCUT2D eigenvalue weighted by Gasteiger charge is 2.20. The predicted octanol–water partition coefficient (Wildman–Crippen LogP) is 8.17. The summed E-state index contributed by atoms with van der Waals surface area (Å²) in [5, 5.41) is 5.90. The molecule has 3 aromatic carbocycles. The van der Waals surface area contributed by atoms with E-state index in [9.17, 15) is 4.79 Å². The molecule has 0 bridgehead atoms. The molecule has 2 aromatic heterocycles. The molecule has 0 aliphatic carbocycles. The van der Waals surface area contributed by atoms with Gasteiger partial charge in [-0.25, -0.2) is 4.98 Å². The molecule has 0 N–H and O–H groups in total. The lowest BCUT2D eigenvalue weighted by molar-refractivity contribution is 0.206. The summed E-state index contributed by atoms with van der Waals surface area (Å²) in [5.74, 6) is 1.84. The SMILES string of the molecule is CC[C@@H](C)Oc1c(OC)cc(C=Nn2c(-c3cc4cc(Br)ccc4o3)nc3ccccc3c2=O)c(Br)c1Br. The first-order chi connectivity index (χ1) is 18.3. The van der Waals surface area contributed by atoms with Crippen LogP contribution >= 0.6 is 47.8 Å². The Hall–Kier alpha value is -2.95. The zero-order valence-electron chi connectivity index (χ0n) is 20.7. The Labute approximate surface area is 243 Å². The van der Waals surface area contributed by atoms with Gasteiger partial charge in [-0.05, 0) is 87.7 Å². The molecule has 0 radical (unpaired) electrons. The van der Waals surface area contributed by atoms with Crippen LogP contribution in [0.2, 0.25) is 0 Å². The van der Waals surface area contributed by atoms with Gasteiger partial charge in [0.05, 0.1) is 34.8 Å². The molecule has 0 aliphatic heterocycles. The van der Waals surface area contributed by atoms with Gasteiger partial charge in [0, 0.05) is 19.9 Å². The fourth-order valence-corrected chi connectivity index (χ4v) is 5.17. The minimum atomic E-state index is -0.317. The van der Waals surface area contributed by atoms with E-state index in [2.05, 4.69) is 59.8 Å². The van der Waals surface area contributed by atoms with Crippen LogP contribution < -0.4 is 15.0 Å². The molecule has 0 saturated heterocycles. The van der Waals surface area contributed by atoms with Crippen LogP contribution in [0.3, 0.4) is 0 Å². The molecule has 0 amide bonds. The van der Waals surface area contributed by atoms with Gasteiger partial charge >= 0.3 is 0 Å². The summed E-state index contributed by atoms with van der Waals surface area (Å²) in [4.78, 5) is 18.3. The van der Waals surface area contributed by atoms with Crippen molar-refractivity contribution in [2.45, 2.75) is 26.4 Å². The third-order valence-electron chi connectivity index (χ3n) is 6.03. The average Bonchev–Trinajstić information content (AvgIpc) is 3.34. The maximum atomic E-state index is 13.6. The molecule has 0 fully saturated rings. The molecule has 7 nitrogen and oxygen atoms in total. The number of rotatable bonds is 7. The number of fused-ring (bicyclic) bond motifs is 2. The minimum Gasteiger partial charge on any atom is -0.493 e. The number of furan rings is 1. The lowest BCUT2D eigenvalue weighted by Crippen LogP contribution is -2.20. The topological polar surface area (TPSA) is 78.8 Å². The van der Waals surface area contributed by atoms with Gasteiger partial charge in [-0.3, -0.25) is 4.79 Å². The molecule has 5 aromatic rings. The summed E-state index contributed by atoms with van der Waals surface area (Å²) in [6, 6.07) is 16.5. The van der Waals surface area contributed by atoms with Crippen LogP contribution in [-0.4, -0.2) is 29.1 Å². The zero-order valence-corrected chi connectivity index (χ0v) is 25.4. The Balaban J connectivity index is 1.67. The van der Waals surface area contributed by atoms with E-state index in [1.807, 2.05) is 37.3 Å². The minimum absolute atomic E-state index is 0.000796. The molecule has 2 heterocycles. The average molecular weight is 704 g/mol. The number of hydrogen-bond acceptors (Lipinski definition) is 6. The van der Waals surface area contributed by atoms with Crippen molar-refractivity contribution in [3.05, 3.63) is 83.9 Å². The van der Waals surface area contributed by atoms with E-state index in [0.717, 1.165) is 16.3 Å². The number of ether oxygens (including phenoxy) is 2. The maximum Gasteiger partial charge on any atom is 0.282 e. The molecule has 194 valence electrons. The van der Waals surface area contributed by atoms with E-state index in [1.165, 1.54) is 4.68 Å². The standard InChI is InChI=1S/C28H22Br3N3O4/c1-4-15(2)37-26-22(36-3)13-17(24(30)25(26)31)14-32-34-27(33-20-8-6-5-7-19(20)28(34)35)23-12-16-11-18(29)9-10-21(16)38-23/h5-15H,4H2,1-3H3/t15-/m1/s1. The monoisotopic (exact) mass is 701 g/mol. The Kier molecular flexibility index (Phi) is 7.74. The Morgan fingerprint density at radius 1 is 1.11 bits per heavy atom. The van der Waals surface area contributed by atoms with Crippen molar-refractivity contribution in [3.63, 3.8) is 0 Å². The van der Waals surface area contributed by atoms with Gasteiger partial charge < -0.3 is 13.9 Å². The fraction of sp³-hybridized carbons (Fsp3) is 0.179. The predicted molar refractivity (Wildman–Crippen MR) is 161 cm³/mol. The zero-order chi connectivity index (χ0) is 27.0. The second-order valence-corrected chi connectivity index (χ2v) is 11.1. The summed E-state index contributed by atoms with van der Waals surface area (Å²) < 4.78 is 21.3. The van der Waals surface area contributed by atoms with Crippen molar-refractivity contribution in [1.29, 1.82) is 0 Å². The van der Waals surface area contributed by atoms with Crippen LogP contribution in [0.15, 0.2) is 82.3 Å². The Morgan fingerprint density at radius 2 is 1.89 bits per heavy atom. The summed E-state index contributed by atoms with van der Waals surface area (Å²) in [6.07, 6.45) is 2.42. The van der Waals surface area contributed by atoms with Gasteiger partial charge in [0.1, 0.15) is 5.58 Å². The molecular formula is C28H22Br3N3O4. The quantitative estimate of drug-likeness (QED) is 0.160. The lowest BCUT2D eigenvalue weighted by atomic mass is 10.2. The molecule has 0 unspecified atom stereocenters. The van der Waals surface area contributed by atoms with Crippen LogP contribution in [0.4, 0.5) is 0 Å². The van der Waals surface area contributed by atoms with E-state index in [4.69, 9.17) is 18.9 Å². The van der Waals surface area contributed by atoms with E-state index >= 15 is 0 Å². The molecule has 38 heavy (non-hydrogen) atoms. The Morgan fingerprint density at radius 3 is 2.66 bits per heavy atom. The van der Waals surface area contributed by atoms with Gasteiger partial charge in [-0.15, -0.1) is 0 Å². The van der Waals surface area contributed by atoms with E-state index in [1.54, 1.807) is 37.6 Å². The summed E-state index contributed by atoms with van der Waals surface area (Å²) in [7, 11) is 1.58. The molecule has 0 saturated carbocycles. The lowest BCUT2D eigenvalue weighted by Gasteiger charge is -2.18. The molecule has 1 atom stereocenters. The first-order valence-electron chi connectivity index (χ1n) is 11.8. The van der Waals surface area contributed by atoms with Crippen molar-refractivity contribution in [3.8, 4) is 23.1 Å². The van der Waals surface area contributed by atoms with Crippen LogP contribution in [-0.2, 0) is 0 Å². The van der Waals surface area contributed by atoms with Gasteiger partial charge in [-0.1, -0.05) is 35.0 Å². The summed E-state index contributed by atoms with van der Waals surface area (Å²) in [5.41, 5.74) is 1.58. The maximum absolute atomic E-state index is 13.6. The first kappa shape index (κ1) is 26.6. The number of nitrogens with zero attached hydrogens (tertiary/aromatic N) is 3. The normalized spacial score (nSPS) is 12.5. The molecular weight excluding hydrogens is 682 g/mol. The van der Waals surface area contributed by atoms with Crippen molar-refractivity contribution in [2.75, 3.05) is 7.11 Å². The third kappa shape index (κ3) is 5.04. The molecule has 10 heteroatoms. The highest BCUT2D eigenvalue weighted by atomic mass is 79.9. The van der Waals surface area contributed by atoms with Gasteiger partial charge in [0.2, 0.25) is 5.82 Å². The highest BCUT2D eigenvalue weighted by Crippen LogP contribution is 2.43. The molecule has 0 aliphatic rings. The van der Waals surface area contributed by atoms with Crippen molar-refractivity contribution >= 4 is 75.9 Å². The summed E-state index contributed by atoms with van der Waals surface area (Å²) >= 11 is 10.7. The second kappa shape index (κ2) is 11.0. The van der Waals surface area contributed by atoms with Crippen LogP contribution in [0, 0.1) is 0 Å². The van der Waals surface area contributed by atoms with Crippen molar-refractivity contribution in [1.82, 2.24) is 9.66 Å². The number of benzene rings is 3. The van der Waals surface area contributed by atoms with E-state index in [0.29, 0.717) is 48.3 Å². The second-order valence-electron chi connectivity index (χ2n) is 8.57. The number of para-hydroxylation sites is 1. The van der Waals surface area contributed by atoms with Gasteiger partial charge in [0.25, 0.3) is 5.56 Å². The van der Waals surface area contributed by atoms with Crippen molar-refractivity contribution < 1.29 is 13.9 Å². The smallest absolute Gasteiger partial charge is 0.282 e. The summed E-state index contributed by atoms with van der Waals surface area (Å²) in [6.45, 7) is 4.04. The van der Waals surface area contributed by atoms with Crippen LogP contribution in [0.5, 0.6) is 11.5 Å². The van der Waals surface area contributed by atoms with Crippen LogP contribution in [0.1, 0.15) is 25.8 Å². The number of halogens is 3. The van der Waals surface area contributed by atoms with Gasteiger partial charge in [-0.2, -0.15) is 9.78 Å². The third-order valence-corrected chi connectivity index (χ3v) is 8.67. The number of hydrogen-bond donors (Lipinski definition) is 0. The van der Waals surface area contributed by atoms with E-state index < -0.39 is 0 Å². The van der Waals surface area contributed by atoms with Crippen molar-refractivity contribution in [2.24, 2.45) is 5.10 Å². The number of aromatic nitrogens is 2. The first-order valence-corrected chi connectivity index (χ1v) is 14.2. The Bertz CT molecular complexity index is 1760.